The number of nitrogens with zero attached hydrogens (tertiary/aromatic N) is 6. The van der Waals surface area contributed by atoms with Gasteiger partial charge < -0.3 is 15.0 Å². The van der Waals surface area contributed by atoms with Crippen LogP contribution in [-0.4, -0.2) is 63.0 Å². The smallest absolute Gasteiger partial charge is 0.252 e. The minimum Gasteiger partial charge on any atom is -0.381 e. The summed E-state index contributed by atoms with van der Waals surface area (Å²) < 4.78 is 7.21. The normalized spacial score (nSPS) is 19.6. The van der Waals surface area contributed by atoms with E-state index >= 15 is 0 Å². The summed E-state index contributed by atoms with van der Waals surface area (Å²) in [5.74, 6) is 1.10. The molecule has 3 aromatic heterocycles. The van der Waals surface area contributed by atoms with E-state index in [2.05, 4.69) is 25.3 Å². The first-order valence-corrected chi connectivity index (χ1v) is 11.3. The third-order valence-electron chi connectivity index (χ3n) is 6.45. The van der Waals surface area contributed by atoms with Gasteiger partial charge in [0.05, 0.1) is 16.6 Å². The van der Waals surface area contributed by atoms with Crippen LogP contribution in [0.25, 0.3) is 11.0 Å². The number of amides is 1. The molecule has 0 bridgehead atoms. The monoisotopic (exact) mass is 435 g/mol. The van der Waals surface area contributed by atoms with Gasteiger partial charge in [0.2, 0.25) is 5.95 Å². The maximum absolute atomic E-state index is 13.2. The molecule has 0 aromatic carbocycles. The highest BCUT2D eigenvalue weighted by Gasteiger charge is 2.28. The number of ether oxygens (including phenoxy) is 1. The Hall–Kier alpha value is -3.07. The molecule has 2 saturated heterocycles. The first-order valence-electron chi connectivity index (χ1n) is 11.3. The van der Waals surface area contributed by atoms with Gasteiger partial charge in [-0.05, 0) is 45.2 Å². The SMILES string of the molecule is Cc1cc(C(=O)NC2CCN(c3nccc(C4CCOCC4)n3)C2)c2c(C)nn(C)c2n1. The van der Waals surface area contributed by atoms with Crippen LogP contribution in [0.4, 0.5) is 5.95 Å². The Morgan fingerprint density at radius 1 is 1.19 bits per heavy atom. The lowest BCUT2D eigenvalue weighted by molar-refractivity contribution is 0.0845. The van der Waals surface area contributed by atoms with E-state index in [1.807, 2.05) is 39.2 Å². The Morgan fingerprint density at radius 3 is 2.81 bits per heavy atom. The highest BCUT2D eigenvalue weighted by molar-refractivity contribution is 6.06. The van der Waals surface area contributed by atoms with Crippen molar-refractivity contribution in [3.8, 4) is 0 Å². The molecule has 0 spiro atoms. The van der Waals surface area contributed by atoms with Crippen molar-refractivity contribution in [2.75, 3.05) is 31.2 Å². The van der Waals surface area contributed by atoms with Gasteiger partial charge in [0.1, 0.15) is 0 Å². The third-order valence-corrected chi connectivity index (χ3v) is 6.45. The van der Waals surface area contributed by atoms with Crippen LogP contribution < -0.4 is 10.2 Å². The predicted octanol–water partition coefficient (Wildman–Crippen LogP) is 2.28. The average Bonchev–Trinajstić information content (AvgIpc) is 3.38. The van der Waals surface area contributed by atoms with Gasteiger partial charge in [-0.25, -0.2) is 15.0 Å². The number of pyridine rings is 1. The summed E-state index contributed by atoms with van der Waals surface area (Å²) in [5.41, 5.74) is 4.07. The second-order valence-corrected chi connectivity index (χ2v) is 8.79. The predicted molar refractivity (Wildman–Crippen MR) is 121 cm³/mol. The summed E-state index contributed by atoms with van der Waals surface area (Å²) in [4.78, 5) is 29.3. The number of hydrogen-bond donors (Lipinski definition) is 1. The molecule has 1 N–H and O–H groups in total. The van der Waals surface area contributed by atoms with Gasteiger partial charge >= 0.3 is 0 Å². The fourth-order valence-corrected chi connectivity index (χ4v) is 4.81. The molecule has 1 unspecified atom stereocenters. The third kappa shape index (κ3) is 3.92. The number of aromatic nitrogens is 5. The number of rotatable bonds is 4. The number of fused-ring (bicyclic) bond motifs is 1. The molecule has 3 aromatic rings. The van der Waals surface area contributed by atoms with E-state index in [-0.39, 0.29) is 11.9 Å². The maximum Gasteiger partial charge on any atom is 0.252 e. The molecule has 9 heteroatoms. The van der Waals surface area contributed by atoms with Crippen molar-refractivity contribution in [2.45, 2.75) is 45.1 Å². The van der Waals surface area contributed by atoms with E-state index in [0.717, 1.165) is 73.1 Å². The standard InChI is InChI=1S/C23H29N7O2/c1-14-12-18(20-15(2)28-29(3)21(20)25-14)22(31)26-17-5-9-30(13-17)23-24-8-4-19(27-23)16-6-10-32-11-7-16/h4,8,12,16-17H,5-7,9-11,13H2,1-3H3,(H,26,31). The van der Waals surface area contributed by atoms with Crippen LogP contribution in [0.1, 0.15) is 52.6 Å². The van der Waals surface area contributed by atoms with Crippen LogP contribution >= 0.6 is 0 Å². The van der Waals surface area contributed by atoms with Crippen molar-refractivity contribution < 1.29 is 9.53 Å². The molecule has 5 heterocycles. The van der Waals surface area contributed by atoms with Crippen molar-refractivity contribution in [2.24, 2.45) is 7.05 Å². The Balaban J connectivity index is 1.30. The fourth-order valence-electron chi connectivity index (χ4n) is 4.81. The van der Waals surface area contributed by atoms with Crippen molar-refractivity contribution in [1.82, 2.24) is 30.0 Å². The molecule has 168 valence electrons. The van der Waals surface area contributed by atoms with E-state index < -0.39 is 0 Å². The van der Waals surface area contributed by atoms with Gasteiger partial charge in [0, 0.05) is 62.9 Å². The summed E-state index contributed by atoms with van der Waals surface area (Å²) in [6, 6.07) is 3.90. The Kier molecular flexibility index (Phi) is 5.50. The number of hydrogen-bond acceptors (Lipinski definition) is 7. The Bertz CT molecular complexity index is 1150. The number of anilines is 1. The van der Waals surface area contributed by atoms with Gasteiger partial charge in [-0.15, -0.1) is 0 Å². The first kappa shape index (κ1) is 20.8. The topological polar surface area (TPSA) is 98.1 Å². The summed E-state index contributed by atoms with van der Waals surface area (Å²) in [6.45, 7) is 6.91. The fraction of sp³-hybridized carbons (Fsp3) is 0.522. The van der Waals surface area contributed by atoms with Gasteiger partial charge in [0.15, 0.2) is 5.65 Å². The van der Waals surface area contributed by atoms with E-state index in [4.69, 9.17) is 9.72 Å². The van der Waals surface area contributed by atoms with E-state index in [1.165, 1.54) is 0 Å². The van der Waals surface area contributed by atoms with Gasteiger partial charge in [-0.3, -0.25) is 9.48 Å². The van der Waals surface area contributed by atoms with Crippen LogP contribution in [0.2, 0.25) is 0 Å². The zero-order valence-corrected chi connectivity index (χ0v) is 18.8. The van der Waals surface area contributed by atoms with Crippen molar-refractivity contribution >= 4 is 22.9 Å². The largest absolute Gasteiger partial charge is 0.381 e. The Morgan fingerprint density at radius 2 is 2.00 bits per heavy atom. The average molecular weight is 436 g/mol. The van der Waals surface area contributed by atoms with Crippen LogP contribution in [0, 0.1) is 13.8 Å². The molecular weight excluding hydrogens is 406 g/mol. The molecule has 0 radical (unpaired) electrons. The summed E-state index contributed by atoms with van der Waals surface area (Å²) >= 11 is 0. The van der Waals surface area contributed by atoms with E-state index in [9.17, 15) is 4.79 Å². The van der Waals surface area contributed by atoms with Crippen molar-refractivity contribution in [1.29, 1.82) is 0 Å². The van der Waals surface area contributed by atoms with Crippen LogP contribution in [0.15, 0.2) is 18.3 Å². The van der Waals surface area contributed by atoms with Crippen LogP contribution in [0.3, 0.4) is 0 Å². The number of carbonyl (C=O) groups excluding carboxylic acids is 1. The molecule has 1 atom stereocenters. The number of carbonyl (C=O) groups is 1. The zero-order chi connectivity index (χ0) is 22.2. The molecular formula is C23H29N7O2. The lowest BCUT2D eigenvalue weighted by Gasteiger charge is -2.23. The van der Waals surface area contributed by atoms with Crippen LogP contribution in [0.5, 0.6) is 0 Å². The second-order valence-electron chi connectivity index (χ2n) is 8.79. The molecule has 1 amide bonds. The minimum absolute atomic E-state index is 0.0401. The molecule has 0 aliphatic carbocycles. The quantitative estimate of drug-likeness (QED) is 0.671. The maximum atomic E-state index is 13.2. The molecule has 2 aliphatic heterocycles. The van der Waals surface area contributed by atoms with Crippen molar-refractivity contribution in [3.05, 3.63) is 41.0 Å². The van der Waals surface area contributed by atoms with E-state index in [0.29, 0.717) is 18.0 Å². The molecule has 2 aliphatic rings. The van der Waals surface area contributed by atoms with Gasteiger partial charge in [0.25, 0.3) is 5.91 Å². The summed E-state index contributed by atoms with van der Waals surface area (Å²) in [5, 5.41) is 8.47. The van der Waals surface area contributed by atoms with Crippen LogP contribution in [-0.2, 0) is 11.8 Å². The molecule has 0 saturated carbocycles. The molecule has 9 nitrogen and oxygen atoms in total. The Labute approximate surface area is 187 Å². The molecule has 32 heavy (non-hydrogen) atoms. The minimum atomic E-state index is -0.0830. The van der Waals surface area contributed by atoms with Gasteiger partial charge in [-0.2, -0.15) is 5.10 Å². The highest BCUT2D eigenvalue weighted by Crippen LogP contribution is 2.27. The lowest BCUT2D eigenvalue weighted by Crippen LogP contribution is -2.37. The molecule has 2 fully saturated rings. The summed E-state index contributed by atoms with van der Waals surface area (Å²) in [6.07, 6.45) is 4.71. The first-order chi connectivity index (χ1) is 15.5. The van der Waals surface area contributed by atoms with Crippen molar-refractivity contribution in [3.63, 3.8) is 0 Å². The number of nitrogens with one attached hydrogen (secondary N) is 1. The van der Waals surface area contributed by atoms with E-state index in [1.54, 1.807) is 4.68 Å². The highest BCUT2D eigenvalue weighted by atomic mass is 16.5. The van der Waals surface area contributed by atoms with Gasteiger partial charge in [-0.1, -0.05) is 0 Å². The number of aryl methyl sites for hydroxylation is 3. The zero-order valence-electron chi connectivity index (χ0n) is 18.8. The lowest BCUT2D eigenvalue weighted by atomic mass is 9.96. The summed E-state index contributed by atoms with van der Waals surface area (Å²) in [7, 11) is 1.85. The molecule has 5 rings (SSSR count). The second kappa shape index (κ2) is 8.46.